The highest BCUT2D eigenvalue weighted by Crippen LogP contribution is 2.25. The van der Waals surface area contributed by atoms with Gasteiger partial charge in [-0.2, -0.15) is 0 Å². The molecule has 1 fully saturated rings. The minimum absolute atomic E-state index is 0.0660. The Balaban J connectivity index is 2.10. The lowest BCUT2D eigenvalue weighted by atomic mass is 9.86. The monoisotopic (exact) mass is 255 g/mol. The molecule has 4 heteroatoms. The Labute approximate surface area is 110 Å². The van der Waals surface area contributed by atoms with Crippen LogP contribution in [0.25, 0.3) is 0 Å². The van der Waals surface area contributed by atoms with Gasteiger partial charge in [0.2, 0.25) is 0 Å². The smallest absolute Gasteiger partial charge is 0.308 e. The zero-order valence-corrected chi connectivity index (χ0v) is 11.3. The topological polar surface area (TPSA) is 47.6 Å². The fraction of sp³-hybridized carbons (Fsp3) is 0.786. The number of carbonyl (C=O) groups is 1. The first-order chi connectivity index (χ1) is 8.77. The van der Waals surface area contributed by atoms with Gasteiger partial charge in [-0.1, -0.05) is 12.5 Å². The fourth-order valence-electron chi connectivity index (χ4n) is 2.36. The molecular weight excluding hydrogens is 230 g/mol. The van der Waals surface area contributed by atoms with Crippen LogP contribution < -0.4 is 5.32 Å². The van der Waals surface area contributed by atoms with Crippen LogP contribution in [0.5, 0.6) is 0 Å². The van der Waals surface area contributed by atoms with E-state index >= 15 is 0 Å². The number of rotatable bonds is 8. The molecule has 104 valence electrons. The quantitative estimate of drug-likeness (QED) is 0.409. The Hall–Kier alpha value is -0.870. The minimum Gasteiger partial charge on any atom is -0.469 e. The van der Waals surface area contributed by atoms with Crippen molar-refractivity contribution in [3.8, 4) is 0 Å². The summed E-state index contributed by atoms with van der Waals surface area (Å²) in [6, 6.07) is 0.422. The molecule has 0 amide bonds. The number of carbonyl (C=O) groups excluding carboxylic acids is 1. The third kappa shape index (κ3) is 5.65. The molecule has 0 bridgehead atoms. The van der Waals surface area contributed by atoms with Crippen molar-refractivity contribution in [1.29, 1.82) is 0 Å². The molecular formula is C14H25NO3. The predicted octanol–water partition coefficient (Wildman–Crippen LogP) is 1.90. The molecule has 1 rings (SSSR count). The van der Waals surface area contributed by atoms with Crippen molar-refractivity contribution in [3.05, 3.63) is 12.7 Å². The Kier molecular flexibility index (Phi) is 7.69. The highest BCUT2D eigenvalue weighted by Gasteiger charge is 2.27. The van der Waals surface area contributed by atoms with E-state index in [-0.39, 0.29) is 11.9 Å². The zero-order valence-electron chi connectivity index (χ0n) is 11.3. The second kappa shape index (κ2) is 9.11. The molecule has 4 nitrogen and oxygen atoms in total. The normalized spacial score (nSPS) is 23.6. The lowest BCUT2D eigenvalue weighted by molar-refractivity contribution is -0.146. The second-order valence-electron chi connectivity index (χ2n) is 4.73. The van der Waals surface area contributed by atoms with Crippen molar-refractivity contribution in [3.63, 3.8) is 0 Å². The fourth-order valence-corrected chi connectivity index (χ4v) is 2.36. The minimum atomic E-state index is -0.0660. The van der Waals surface area contributed by atoms with E-state index in [2.05, 4.69) is 11.9 Å². The average Bonchev–Trinajstić information content (AvgIpc) is 2.42. The lowest BCUT2D eigenvalue weighted by Crippen LogP contribution is -2.38. The van der Waals surface area contributed by atoms with Crippen molar-refractivity contribution in [1.82, 2.24) is 5.32 Å². The predicted molar refractivity (Wildman–Crippen MR) is 71.4 cm³/mol. The number of ether oxygens (including phenoxy) is 2. The van der Waals surface area contributed by atoms with Gasteiger partial charge < -0.3 is 14.8 Å². The van der Waals surface area contributed by atoms with E-state index in [0.717, 1.165) is 45.3 Å². The summed E-state index contributed by atoms with van der Waals surface area (Å²) in [5, 5.41) is 3.45. The molecule has 1 N–H and O–H groups in total. The van der Waals surface area contributed by atoms with E-state index in [1.807, 2.05) is 6.08 Å². The van der Waals surface area contributed by atoms with Gasteiger partial charge in [0.1, 0.15) is 0 Å². The van der Waals surface area contributed by atoms with E-state index in [4.69, 9.17) is 9.47 Å². The van der Waals surface area contributed by atoms with E-state index in [1.165, 1.54) is 7.11 Å². The van der Waals surface area contributed by atoms with E-state index in [0.29, 0.717) is 12.6 Å². The highest BCUT2D eigenvalue weighted by atomic mass is 16.5. The molecule has 1 saturated carbocycles. The lowest BCUT2D eigenvalue weighted by Gasteiger charge is -2.28. The number of hydrogen-bond donors (Lipinski definition) is 1. The van der Waals surface area contributed by atoms with Crippen LogP contribution in [0.15, 0.2) is 12.7 Å². The molecule has 0 saturated heterocycles. The zero-order chi connectivity index (χ0) is 13.2. The molecule has 0 radical (unpaired) electrons. The molecule has 0 heterocycles. The number of hydrogen-bond acceptors (Lipinski definition) is 4. The summed E-state index contributed by atoms with van der Waals surface area (Å²) >= 11 is 0. The molecule has 0 aromatic rings. The molecule has 0 aliphatic heterocycles. The van der Waals surface area contributed by atoms with Crippen LogP contribution in [-0.4, -0.2) is 38.9 Å². The first-order valence-electron chi connectivity index (χ1n) is 6.77. The van der Waals surface area contributed by atoms with Crippen molar-refractivity contribution in [2.45, 2.75) is 38.1 Å². The van der Waals surface area contributed by atoms with Gasteiger partial charge in [-0.3, -0.25) is 4.79 Å². The van der Waals surface area contributed by atoms with Crippen molar-refractivity contribution in [2.75, 3.05) is 26.9 Å². The Bertz CT molecular complexity index is 255. The molecule has 1 aliphatic carbocycles. The van der Waals surface area contributed by atoms with Crippen LogP contribution >= 0.6 is 0 Å². The van der Waals surface area contributed by atoms with Gasteiger partial charge in [-0.05, 0) is 25.7 Å². The maximum absolute atomic E-state index is 11.5. The molecule has 2 unspecified atom stereocenters. The average molecular weight is 255 g/mol. The summed E-state index contributed by atoms with van der Waals surface area (Å²) in [6.45, 7) is 5.94. The van der Waals surface area contributed by atoms with Gasteiger partial charge >= 0.3 is 5.97 Å². The Morgan fingerprint density at radius 3 is 3.00 bits per heavy atom. The van der Waals surface area contributed by atoms with Crippen LogP contribution in [0, 0.1) is 5.92 Å². The SMILES string of the molecule is C=CCCOCCNC1CCCC(C(=O)OC)C1. The van der Waals surface area contributed by atoms with Gasteiger partial charge in [0, 0.05) is 12.6 Å². The number of esters is 1. The highest BCUT2D eigenvalue weighted by molar-refractivity contribution is 5.72. The summed E-state index contributed by atoms with van der Waals surface area (Å²) in [5.74, 6) is 0.00617. The maximum atomic E-state index is 11.5. The van der Waals surface area contributed by atoms with E-state index < -0.39 is 0 Å². The van der Waals surface area contributed by atoms with E-state index in [1.54, 1.807) is 0 Å². The molecule has 0 aromatic heterocycles. The van der Waals surface area contributed by atoms with Gasteiger partial charge in [-0.25, -0.2) is 0 Å². The molecule has 2 atom stereocenters. The second-order valence-corrected chi connectivity index (χ2v) is 4.73. The van der Waals surface area contributed by atoms with Gasteiger partial charge in [0.25, 0.3) is 0 Å². The van der Waals surface area contributed by atoms with Gasteiger partial charge in [-0.15, -0.1) is 6.58 Å². The number of methoxy groups -OCH3 is 1. The standard InChI is InChI=1S/C14H25NO3/c1-3-4-9-18-10-8-15-13-7-5-6-12(11-13)14(16)17-2/h3,12-13,15H,1,4-11H2,2H3. The van der Waals surface area contributed by atoms with Crippen LogP contribution in [0.3, 0.4) is 0 Å². The summed E-state index contributed by atoms with van der Waals surface area (Å²) in [7, 11) is 1.47. The molecule has 18 heavy (non-hydrogen) atoms. The third-order valence-electron chi connectivity index (χ3n) is 3.35. The molecule has 0 aromatic carbocycles. The Morgan fingerprint density at radius 1 is 1.44 bits per heavy atom. The first kappa shape index (κ1) is 15.2. The summed E-state index contributed by atoms with van der Waals surface area (Å²) in [5.41, 5.74) is 0. The maximum Gasteiger partial charge on any atom is 0.308 e. The van der Waals surface area contributed by atoms with Crippen LogP contribution in [0.2, 0.25) is 0 Å². The largest absolute Gasteiger partial charge is 0.469 e. The van der Waals surface area contributed by atoms with Crippen LogP contribution in [0.4, 0.5) is 0 Å². The van der Waals surface area contributed by atoms with E-state index in [9.17, 15) is 4.79 Å². The third-order valence-corrected chi connectivity index (χ3v) is 3.35. The summed E-state index contributed by atoms with van der Waals surface area (Å²) in [4.78, 5) is 11.5. The summed E-state index contributed by atoms with van der Waals surface area (Å²) in [6.07, 6.45) is 6.83. The van der Waals surface area contributed by atoms with Gasteiger partial charge in [0.15, 0.2) is 0 Å². The number of nitrogens with one attached hydrogen (secondary N) is 1. The van der Waals surface area contributed by atoms with Gasteiger partial charge in [0.05, 0.1) is 26.2 Å². The molecule has 0 spiro atoms. The first-order valence-corrected chi connectivity index (χ1v) is 6.77. The van der Waals surface area contributed by atoms with Crippen molar-refractivity contribution >= 4 is 5.97 Å². The Morgan fingerprint density at radius 2 is 2.28 bits per heavy atom. The summed E-state index contributed by atoms with van der Waals surface area (Å²) < 4.78 is 10.2. The van der Waals surface area contributed by atoms with Crippen molar-refractivity contribution < 1.29 is 14.3 Å². The van der Waals surface area contributed by atoms with Crippen LogP contribution in [-0.2, 0) is 14.3 Å². The van der Waals surface area contributed by atoms with Crippen LogP contribution in [0.1, 0.15) is 32.1 Å². The van der Waals surface area contributed by atoms with Crippen molar-refractivity contribution in [2.24, 2.45) is 5.92 Å². The molecule has 1 aliphatic rings.